The lowest BCUT2D eigenvalue weighted by atomic mass is 9.95. The number of aliphatic hydroxyl groups is 1. The normalized spacial score (nSPS) is 21.2. The molecule has 6 nitrogen and oxygen atoms in total. The van der Waals surface area contributed by atoms with Gasteiger partial charge in [-0.25, -0.2) is 8.42 Å². The molecule has 1 aliphatic heterocycles. The molecule has 1 aromatic heterocycles. The Kier molecular flexibility index (Phi) is 4.89. The van der Waals surface area contributed by atoms with E-state index in [0.717, 1.165) is 11.1 Å². The first kappa shape index (κ1) is 18.6. The number of aliphatic hydroxyl groups excluding tert-OH is 1. The molecule has 1 aliphatic rings. The van der Waals surface area contributed by atoms with E-state index in [0.29, 0.717) is 12.0 Å². The molecule has 3 aromatic rings. The van der Waals surface area contributed by atoms with E-state index in [2.05, 4.69) is 4.98 Å². The van der Waals surface area contributed by atoms with Gasteiger partial charge in [0.1, 0.15) is 5.75 Å². The van der Waals surface area contributed by atoms with Crippen molar-refractivity contribution < 1.29 is 18.6 Å². The number of benzene rings is 2. The first-order chi connectivity index (χ1) is 13.5. The summed E-state index contributed by atoms with van der Waals surface area (Å²) in [4.78, 5) is 4.12. The van der Waals surface area contributed by atoms with Crippen LogP contribution in [0.4, 0.5) is 0 Å². The van der Waals surface area contributed by atoms with E-state index in [1.54, 1.807) is 67.0 Å². The van der Waals surface area contributed by atoms with Gasteiger partial charge in [-0.2, -0.15) is 4.31 Å². The van der Waals surface area contributed by atoms with E-state index in [-0.39, 0.29) is 17.2 Å². The lowest BCUT2D eigenvalue weighted by Crippen LogP contribution is -2.48. The third-order valence-electron chi connectivity index (χ3n) is 5.03. The third kappa shape index (κ3) is 3.40. The molecule has 2 aromatic carbocycles. The molecule has 7 heteroatoms. The summed E-state index contributed by atoms with van der Waals surface area (Å²) in [6.45, 7) is 0.138. The number of nitrogens with zero attached hydrogens (tertiary/aromatic N) is 2. The maximum absolute atomic E-state index is 13.4. The molecular weight excluding hydrogens is 376 g/mol. The Hall–Kier alpha value is -2.74. The lowest BCUT2D eigenvalue weighted by molar-refractivity contribution is 0.0769. The maximum Gasteiger partial charge on any atom is 0.244 e. The fourth-order valence-electron chi connectivity index (χ4n) is 3.59. The quantitative estimate of drug-likeness (QED) is 0.708. The summed E-state index contributed by atoms with van der Waals surface area (Å²) in [5.41, 5.74) is 2.04. The van der Waals surface area contributed by atoms with E-state index in [9.17, 15) is 18.6 Å². The highest BCUT2D eigenvalue weighted by atomic mass is 32.2. The molecule has 2 N–H and O–H groups in total. The van der Waals surface area contributed by atoms with Gasteiger partial charge in [0.05, 0.1) is 17.0 Å². The number of hydrogen-bond donors (Lipinski definition) is 2. The molecule has 0 spiro atoms. The molecule has 0 aliphatic carbocycles. The number of fused-ring (bicyclic) bond motifs is 1. The van der Waals surface area contributed by atoms with Gasteiger partial charge < -0.3 is 10.2 Å². The summed E-state index contributed by atoms with van der Waals surface area (Å²) in [5, 5.41) is 20.6. The van der Waals surface area contributed by atoms with Crippen LogP contribution in [0, 0.1) is 0 Å². The summed E-state index contributed by atoms with van der Waals surface area (Å²) in [7, 11) is -3.79. The van der Waals surface area contributed by atoms with Crippen LogP contribution < -0.4 is 0 Å². The fourth-order valence-corrected chi connectivity index (χ4v) is 5.44. The Labute approximate surface area is 163 Å². The Balaban J connectivity index is 1.78. The molecule has 0 radical (unpaired) electrons. The van der Waals surface area contributed by atoms with Crippen LogP contribution in [0.25, 0.3) is 0 Å². The number of aromatic hydroxyl groups is 1. The van der Waals surface area contributed by atoms with E-state index in [1.165, 1.54) is 10.4 Å². The van der Waals surface area contributed by atoms with Crippen molar-refractivity contribution in [3.63, 3.8) is 0 Å². The molecule has 0 fully saturated rings. The van der Waals surface area contributed by atoms with E-state index in [4.69, 9.17) is 0 Å². The van der Waals surface area contributed by atoms with Gasteiger partial charge in [0.25, 0.3) is 0 Å². The average molecular weight is 396 g/mol. The van der Waals surface area contributed by atoms with Crippen molar-refractivity contribution in [1.29, 1.82) is 0 Å². The van der Waals surface area contributed by atoms with Gasteiger partial charge >= 0.3 is 0 Å². The van der Waals surface area contributed by atoms with Crippen LogP contribution >= 0.6 is 0 Å². The van der Waals surface area contributed by atoms with Crippen LogP contribution in [-0.4, -0.2) is 34.0 Å². The van der Waals surface area contributed by atoms with Crippen molar-refractivity contribution in [2.75, 3.05) is 0 Å². The van der Waals surface area contributed by atoms with Crippen molar-refractivity contribution in [3.05, 3.63) is 89.7 Å². The highest BCUT2D eigenvalue weighted by Crippen LogP contribution is 2.39. The van der Waals surface area contributed by atoms with Crippen LogP contribution in [0.1, 0.15) is 22.8 Å². The van der Waals surface area contributed by atoms with E-state index < -0.39 is 22.2 Å². The predicted octanol–water partition coefficient (Wildman–Crippen LogP) is 2.64. The maximum atomic E-state index is 13.4. The Morgan fingerprint density at radius 1 is 0.929 bits per heavy atom. The second-order valence-electron chi connectivity index (χ2n) is 6.83. The van der Waals surface area contributed by atoms with Gasteiger partial charge in [-0.15, -0.1) is 0 Å². The molecule has 144 valence electrons. The summed E-state index contributed by atoms with van der Waals surface area (Å²) in [6, 6.07) is 16.0. The van der Waals surface area contributed by atoms with Gasteiger partial charge in [-0.1, -0.05) is 30.3 Å². The number of rotatable bonds is 4. The van der Waals surface area contributed by atoms with Gasteiger partial charge in [-0.3, -0.25) is 4.98 Å². The van der Waals surface area contributed by atoms with Crippen LogP contribution in [0.3, 0.4) is 0 Å². The van der Waals surface area contributed by atoms with Gasteiger partial charge in [0.2, 0.25) is 10.0 Å². The first-order valence-corrected chi connectivity index (χ1v) is 10.4. The zero-order valence-electron chi connectivity index (χ0n) is 15.0. The molecular formula is C21H20N2O4S. The largest absolute Gasteiger partial charge is 0.508 e. The smallest absolute Gasteiger partial charge is 0.244 e. The summed E-state index contributed by atoms with van der Waals surface area (Å²) in [5.74, 6) is 0.138. The van der Waals surface area contributed by atoms with Gasteiger partial charge in [0, 0.05) is 24.5 Å². The zero-order valence-corrected chi connectivity index (χ0v) is 15.8. The number of sulfonamides is 1. The highest BCUT2D eigenvalue weighted by molar-refractivity contribution is 7.89. The number of phenols is 1. The average Bonchev–Trinajstić information content (AvgIpc) is 2.71. The third-order valence-corrected chi connectivity index (χ3v) is 6.97. The Morgan fingerprint density at radius 2 is 1.61 bits per heavy atom. The fraction of sp³-hybridized carbons (Fsp3) is 0.190. The summed E-state index contributed by atoms with van der Waals surface area (Å²) >= 11 is 0. The van der Waals surface area contributed by atoms with Crippen LogP contribution in [0.2, 0.25) is 0 Å². The molecule has 2 heterocycles. The second-order valence-corrected chi connectivity index (χ2v) is 8.69. The minimum Gasteiger partial charge on any atom is -0.508 e. The van der Waals surface area contributed by atoms with Crippen LogP contribution in [0.5, 0.6) is 5.75 Å². The Morgan fingerprint density at radius 3 is 2.32 bits per heavy atom. The van der Waals surface area contributed by atoms with Crippen molar-refractivity contribution in [2.24, 2.45) is 0 Å². The molecule has 2 atom stereocenters. The first-order valence-electron chi connectivity index (χ1n) is 8.92. The summed E-state index contributed by atoms with van der Waals surface area (Å²) < 4.78 is 28.1. The molecule has 4 rings (SSSR count). The molecule has 0 bridgehead atoms. The molecule has 0 unspecified atom stereocenters. The Bertz CT molecular complexity index is 1070. The zero-order chi connectivity index (χ0) is 19.7. The topological polar surface area (TPSA) is 90.7 Å². The molecule has 0 amide bonds. The van der Waals surface area contributed by atoms with Gasteiger partial charge in [0.15, 0.2) is 0 Å². The highest BCUT2D eigenvalue weighted by Gasteiger charge is 2.43. The molecule has 28 heavy (non-hydrogen) atoms. The van der Waals surface area contributed by atoms with Crippen LogP contribution in [0.15, 0.2) is 78.0 Å². The standard InChI is InChI=1S/C21H20N2O4S/c24-17-7-5-15(6-8-17)13-19-21(25)18-3-1-2-4-20(18)28(26,27)23(19)14-16-9-11-22-12-10-16/h1-12,19,21,24-25H,13-14H2/t19-,21+/m0/s1. The lowest BCUT2D eigenvalue weighted by Gasteiger charge is -2.39. The van der Waals surface area contributed by atoms with E-state index in [1.807, 2.05) is 0 Å². The minimum atomic E-state index is -3.79. The van der Waals surface area contributed by atoms with Gasteiger partial charge in [-0.05, 0) is 47.9 Å². The molecule has 0 saturated carbocycles. The van der Waals surface area contributed by atoms with Crippen molar-refractivity contribution in [3.8, 4) is 5.75 Å². The monoisotopic (exact) mass is 396 g/mol. The summed E-state index contributed by atoms with van der Waals surface area (Å²) in [6.07, 6.45) is 2.59. The number of hydrogen-bond acceptors (Lipinski definition) is 5. The van der Waals surface area contributed by atoms with Crippen molar-refractivity contribution >= 4 is 10.0 Å². The van der Waals surface area contributed by atoms with Crippen LogP contribution in [-0.2, 0) is 23.0 Å². The second kappa shape index (κ2) is 7.35. The number of aromatic nitrogens is 1. The minimum absolute atomic E-state index is 0.138. The number of pyridine rings is 1. The predicted molar refractivity (Wildman–Crippen MR) is 104 cm³/mol. The number of phenolic OH excluding ortho intramolecular Hbond substituents is 1. The SMILES string of the molecule is O=S1(=O)c2ccccc2[C@@H](O)[C@H](Cc2ccc(O)cc2)N1Cc1ccncc1. The molecule has 0 saturated heterocycles. The van der Waals surface area contributed by atoms with E-state index >= 15 is 0 Å². The van der Waals surface area contributed by atoms with Crippen molar-refractivity contribution in [2.45, 2.75) is 30.0 Å². The van der Waals surface area contributed by atoms with Crippen molar-refractivity contribution in [1.82, 2.24) is 9.29 Å².